The standard InChI is InChI=1S/C14H18F3N5O4.ClH/c15-14(16,17)11(20-5-3-18-4-6-20)7-19-12(23)9-21-8-10(22(25)26)1-2-13(21)24;/h1-2,8,11,18H,3-7,9H2,(H,19,23);1H. The van der Waals surface area contributed by atoms with Gasteiger partial charge in [0.15, 0.2) is 0 Å². The second kappa shape index (κ2) is 9.67. The van der Waals surface area contributed by atoms with Crippen LogP contribution in [0.2, 0.25) is 0 Å². The van der Waals surface area contributed by atoms with Crippen molar-refractivity contribution in [3.8, 4) is 0 Å². The number of nitrogens with zero attached hydrogens (tertiary/aromatic N) is 3. The van der Waals surface area contributed by atoms with E-state index in [2.05, 4.69) is 10.6 Å². The van der Waals surface area contributed by atoms with E-state index in [-0.39, 0.29) is 25.5 Å². The Morgan fingerprint density at radius 3 is 2.52 bits per heavy atom. The number of hydrogen-bond donors (Lipinski definition) is 2. The summed E-state index contributed by atoms with van der Waals surface area (Å²) in [5.41, 5.74) is -1.06. The largest absolute Gasteiger partial charge is 0.405 e. The van der Waals surface area contributed by atoms with Crippen LogP contribution in [0.1, 0.15) is 0 Å². The lowest BCUT2D eigenvalue weighted by molar-refractivity contribution is -0.385. The molecule has 152 valence electrons. The minimum absolute atomic E-state index is 0. The Morgan fingerprint density at radius 2 is 1.96 bits per heavy atom. The number of carbonyl (C=O) groups is 1. The Bertz CT molecular complexity index is 721. The van der Waals surface area contributed by atoms with E-state index in [1.165, 1.54) is 4.90 Å². The zero-order valence-electron chi connectivity index (χ0n) is 14.1. The maximum atomic E-state index is 13.2. The number of hydrogen-bond acceptors (Lipinski definition) is 6. The monoisotopic (exact) mass is 413 g/mol. The van der Waals surface area contributed by atoms with Gasteiger partial charge < -0.3 is 10.6 Å². The van der Waals surface area contributed by atoms with E-state index in [0.717, 1.165) is 22.9 Å². The average molecular weight is 414 g/mol. The molecule has 1 amide bonds. The van der Waals surface area contributed by atoms with Gasteiger partial charge in [0.1, 0.15) is 12.6 Å². The SMILES string of the molecule is Cl.O=C(Cn1cc([N+](=O)[O-])ccc1=O)NCC(N1CCNCC1)C(F)(F)F. The first kappa shape index (κ1) is 22.9. The number of aromatic nitrogens is 1. The number of alkyl halides is 3. The lowest BCUT2D eigenvalue weighted by Gasteiger charge is -2.35. The first-order valence-electron chi connectivity index (χ1n) is 7.81. The minimum Gasteiger partial charge on any atom is -0.353 e. The van der Waals surface area contributed by atoms with Crippen LogP contribution in [0.4, 0.5) is 18.9 Å². The molecule has 27 heavy (non-hydrogen) atoms. The first-order valence-corrected chi connectivity index (χ1v) is 7.81. The number of rotatable bonds is 6. The predicted molar refractivity (Wildman–Crippen MR) is 91.9 cm³/mol. The van der Waals surface area contributed by atoms with Gasteiger partial charge in [0.2, 0.25) is 5.91 Å². The second-order valence-corrected chi connectivity index (χ2v) is 5.76. The lowest BCUT2D eigenvalue weighted by Crippen LogP contribution is -2.57. The zero-order valence-corrected chi connectivity index (χ0v) is 14.9. The van der Waals surface area contributed by atoms with E-state index in [0.29, 0.717) is 13.1 Å². The van der Waals surface area contributed by atoms with Crippen molar-refractivity contribution in [2.45, 2.75) is 18.8 Å². The van der Waals surface area contributed by atoms with Gasteiger partial charge in [0.25, 0.3) is 11.2 Å². The molecule has 0 aliphatic carbocycles. The van der Waals surface area contributed by atoms with Crippen LogP contribution in [-0.2, 0) is 11.3 Å². The molecule has 1 fully saturated rings. The van der Waals surface area contributed by atoms with Crippen molar-refractivity contribution < 1.29 is 22.9 Å². The number of halogens is 4. The quantitative estimate of drug-likeness (QED) is 0.507. The summed E-state index contributed by atoms with van der Waals surface area (Å²) in [5, 5.41) is 15.8. The molecule has 1 atom stereocenters. The van der Waals surface area contributed by atoms with Gasteiger partial charge in [-0.25, -0.2) is 0 Å². The Morgan fingerprint density at radius 1 is 1.33 bits per heavy atom. The molecule has 1 aromatic rings. The van der Waals surface area contributed by atoms with Gasteiger partial charge in [-0.2, -0.15) is 13.2 Å². The number of piperazine rings is 1. The van der Waals surface area contributed by atoms with Gasteiger partial charge in [-0.15, -0.1) is 12.4 Å². The summed E-state index contributed by atoms with van der Waals surface area (Å²) in [4.78, 5) is 34.8. The van der Waals surface area contributed by atoms with Crippen LogP contribution in [0.25, 0.3) is 0 Å². The van der Waals surface area contributed by atoms with Crippen molar-refractivity contribution in [2.75, 3.05) is 32.7 Å². The van der Waals surface area contributed by atoms with Crippen LogP contribution in [0.5, 0.6) is 0 Å². The van der Waals surface area contributed by atoms with Gasteiger partial charge >= 0.3 is 6.18 Å². The maximum absolute atomic E-state index is 13.2. The number of amides is 1. The van der Waals surface area contributed by atoms with Crippen LogP contribution < -0.4 is 16.2 Å². The number of carbonyl (C=O) groups excluding carboxylic acids is 1. The molecule has 0 spiro atoms. The summed E-state index contributed by atoms with van der Waals surface area (Å²) < 4.78 is 40.5. The highest BCUT2D eigenvalue weighted by Gasteiger charge is 2.43. The van der Waals surface area contributed by atoms with Crippen LogP contribution in [-0.4, -0.2) is 65.2 Å². The third kappa shape index (κ3) is 6.48. The summed E-state index contributed by atoms with van der Waals surface area (Å²) >= 11 is 0. The normalized spacial score (nSPS) is 16.3. The molecule has 9 nitrogen and oxygen atoms in total. The van der Waals surface area contributed by atoms with Gasteiger partial charge in [-0.3, -0.25) is 29.2 Å². The molecule has 1 unspecified atom stereocenters. The maximum Gasteiger partial charge on any atom is 0.405 e. The molecule has 2 rings (SSSR count). The van der Waals surface area contributed by atoms with E-state index < -0.39 is 47.4 Å². The fourth-order valence-electron chi connectivity index (χ4n) is 2.62. The summed E-state index contributed by atoms with van der Waals surface area (Å²) in [6, 6.07) is 0.0706. The fourth-order valence-corrected chi connectivity index (χ4v) is 2.62. The zero-order chi connectivity index (χ0) is 19.3. The second-order valence-electron chi connectivity index (χ2n) is 5.76. The van der Waals surface area contributed by atoms with Crippen molar-refractivity contribution in [1.29, 1.82) is 0 Å². The highest BCUT2D eigenvalue weighted by atomic mass is 35.5. The number of nitro groups is 1. The fraction of sp³-hybridized carbons (Fsp3) is 0.571. The highest BCUT2D eigenvalue weighted by molar-refractivity contribution is 5.85. The third-order valence-corrected chi connectivity index (χ3v) is 3.96. The van der Waals surface area contributed by atoms with Crippen molar-refractivity contribution >= 4 is 24.0 Å². The first-order chi connectivity index (χ1) is 12.2. The van der Waals surface area contributed by atoms with Crippen LogP contribution in [0, 0.1) is 10.1 Å². The molecule has 13 heteroatoms. The van der Waals surface area contributed by atoms with E-state index in [9.17, 15) is 32.9 Å². The van der Waals surface area contributed by atoms with Gasteiger partial charge in [-0.1, -0.05) is 0 Å². The smallest absolute Gasteiger partial charge is 0.353 e. The van der Waals surface area contributed by atoms with Gasteiger partial charge in [0, 0.05) is 44.9 Å². The van der Waals surface area contributed by atoms with E-state index in [1.807, 2.05) is 0 Å². The molecular weight excluding hydrogens is 395 g/mol. The Balaban J connectivity index is 0.00000364. The molecule has 0 aromatic carbocycles. The van der Waals surface area contributed by atoms with Crippen molar-refractivity contribution in [3.63, 3.8) is 0 Å². The summed E-state index contributed by atoms with van der Waals surface area (Å²) in [5.74, 6) is -0.836. The topological polar surface area (TPSA) is 110 Å². The third-order valence-electron chi connectivity index (χ3n) is 3.96. The summed E-state index contributed by atoms with van der Waals surface area (Å²) in [6.45, 7) is -0.0271. The molecule has 1 aliphatic heterocycles. The molecule has 1 aliphatic rings. The molecule has 0 radical (unpaired) electrons. The van der Waals surface area contributed by atoms with Crippen LogP contribution >= 0.6 is 12.4 Å². The lowest BCUT2D eigenvalue weighted by atomic mass is 10.2. The van der Waals surface area contributed by atoms with Gasteiger partial charge in [0.05, 0.1) is 11.1 Å². The molecular formula is C14H19ClF3N5O4. The molecule has 1 aromatic heterocycles. The van der Waals surface area contributed by atoms with E-state index in [1.54, 1.807) is 0 Å². The molecule has 2 heterocycles. The average Bonchev–Trinajstić information content (AvgIpc) is 2.56. The number of nitrogens with one attached hydrogen (secondary N) is 2. The highest BCUT2D eigenvalue weighted by Crippen LogP contribution is 2.24. The Labute approximate surface area is 158 Å². The van der Waals surface area contributed by atoms with Crippen molar-refractivity contribution in [1.82, 2.24) is 20.1 Å². The molecule has 0 saturated carbocycles. The summed E-state index contributed by atoms with van der Waals surface area (Å²) in [7, 11) is 0. The minimum atomic E-state index is -4.52. The van der Waals surface area contributed by atoms with E-state index in [4.69, 9.17) is 0 Å². The number of pyridine rings is 1. The predicted octanol–water partition coefficient (Wildman–Crippen LogP) is 0.131. The molecule has 2 N–H and O–H groups in total. The molecule has 0 bridgehead atoms. The van der Waals surface area contributed by atoms with E-state index >= 15 is 0 Å². The summed E-state index contributed by atoms with van der Waals surface area (Å²) in [6.07, 6.45) is -3.65. The van der Waals surface area contributed by atoms with Crippen molar-refractivity contribution in [2.24, 2.45) is 0 Å². The van der Waals surface area contributed by atoms with Crippen LogP contribution in [0.3, 0.4) is 0 Å². The Hall–Kier alpha value is -2.18. The van der Waals surface area contributed by atoms with Crippen molar-refractivity contribution in [3.05, 3.63) is 38.8 Å². The molecule has 1 saturated heterocycles. The van der Waals surface area contributed by atoms with Gasteiger partial charge in [-0.05, 0) is 0 Å². The van der Waals surface area contributed by atoms with Crippen LogP contribution in [0.15, 0.2) is 23.1 Å². The Kier molecular flexibility index (Phi) is 8.19.